The molecule has 3 aromatic rings. The van der Waals surface area contributed by atoms with E-state index in [2.05, 4.69) is 31.4 Å². The van der Waals surface area contributed by atoms with Crippen molar-refractivity contribution in [3.05, 3.63) is 84.0 Å². The van der Waals surface area contributed by atoms with Crippen LogP contribution in [0.1, 0.15) is 22.3 Å². The lowest BCUT2D eigenvalue weighted by Gasteiger charge is -2.14. The first-order chi connectivity index (χ1) is 13.3. The minimum absolute atomic E-state index is 0.124. The van der Waals surface area contributed by atoms with Crippen LogP contribution in [0.3, 0.4) is 0 Å². The summed E-state index contributed by atoms with van der Waals surface area (Å²) < 4.78 is 1.95. The molecule has 0 spiro atoms. The molecule has 0 atom stereocenters. The molecule has 0 aliphatic heterocycles. The largest absolute Gasteiger partial charge is 0.493 e. The van der Waals surface area contributed by atoms with E-state index in [1.165, 1.54) is 6.21 Å². The fraction of sp³-hybridized carbons (Fsp3) is 0.150. The van der Waals surface area contributed by atoms with Crippen molar-refractivity contribution in [1.29, 1.82) is 0 Å². The number of anilines is 1. The number of nitrogens with one attached hydrogen (secondary N) is 2. The predicted octanol–water partition coefficient (Wildman–Crippen LogP) is 3.37. The smallest absolute Gasteiger partial charge is 0.335 e. The van der Waals surface area contributed by atoms with Gasteiger partial charge in [-0.15, -0.1) is 0 Å². The Morgan fingerprint density at radius 1 is 1.11 bits per heavy atom. The maximum atomic E-state index is 12.4. The Labute approximate surface area is 169 Å². The fourth-order valence-corrected chi connectivity index (χ4v) is 3.19. The van der Waals surface area contributed by atoms with Crippen molar-refractivity contribution >= 4 is 27.8 Å². The lowest BCUT2D eigenvalue weighted by molar-refractivity contribution is 0.430. The standard InChI is InChI=1S/C20H19BrN4O3/c1-11-6-4-5-7-16(11)24-22-10-14-18(26)23-20(28)25(19(14)27)17-9-8-15(21)12(2)13(17)3/h4-10,24,27H,1-3H3,(H,23,26,28). The molecular formula is C20H19BrN4O3. The Hall–Kier alpha value is -3.13. The SMILES string of the molecule is Cc1ccccc1NN=Cc1c(O)n(-c2ccc(Br)c(C)c2C)c(=O)[nH]c1=O. The van der Waals surface area contributed by atoms with Gasteiger partial charge in [0.05, 0.1) is 17.6 Å². The molecule has 1 aromatic heterocycles. The third-order valence-corrected chi connectivity index (χ3v) is 5.44. The number of benzene rings is 2. The van der Waals surface area contributed by atoms with E-state index in [1.54, 1.807) is 12.1 Å². The van der Waals surface area contributed by atoms with E-state index >= 15 is 0 Å². The summed E-state index contributed by atoms with van der Waals surface area (Å²) in [6.07, 6.45) is 1.19. The van der Waals surface area contributed by atoms with E-state index in [0.717, 1.165) is 31.4 Å². The highest BCUT2D eigenvalue weighted by molar-refractivity contribution is 9.10. The van der Waals surface area contributed by atoms with Gasteiger partial charge >= 0.3 is 5.69 Å². The van der Waals surface area contributed by atoms with Gasteiger partial charge in [0.15, 0.2) is 0 Å². The zero-order valence-electron chi connectivity index (χ0n) is 15.6. The normalized spacial score (nSPS) is 11.1. The fourth-order valence-electron chi connectivity index (χ4n) is 2.76. The number of hydrazone groups is 1. The van der Waals surface area contributed by atoms with Crippen molar-refractivity contribution < 1.29 is 5.11 Å². The van der Waals surface area contributed by atoms with Gasteiger partial charge in [0, 0.05) is 4.47 Å². The van der Waals surface area contributed by atoms with Crippen LogP contribution >= 0.6 is 15.9 Å². The molecule has 0 fully saturated rings. The Morgan fingerprint density at radius 3 is 2.54 bits per heavy atom. The zero-order chi connectivity index (χ0) is 20.4. The van der Waals surface area contributed by atoms with Gasteiger partial charge < -0.3 is 5.11 Å². The number of halogens is 1. The van der Waals surface area contributed by atoms with Crippen molar-refractivity contribution in [3.63, 3.8) is 0 Å². The molecule has 0 saturated carbocycles. The first-order valence-corrected chi connectivity index (χ1v) is 9.29. The number of aromatic amines is 1. The van der Waals surface area contributed by atoms with Crippen LogP contribution < -0.4 is 16.7 Å². The van der Waals surface area contributed by atoms with Crippen molar-refractivity contribution in [2.75, 3.05) is 5.43 Å². The van der Waals surface area contributed by atoms with E-state index in [9.17, 15) is 14.7 Å². The highest BCUT2D eigenvalue weighted by Crippen LogP contribution is 2.26. The average molecular weight is 443 g/mol. The molecule has 0 amide bonds. The van der Waals surface area contributed by atoms with Gasteiger partial charge in [-0.3, -0.25) is 15.2 Å². The van der Waals surface area contributed by atoms with Crippen LogP contribution in [0.2, 0.25) is 0 Å². The van der Waals surface area contributed by atoms with Crippen molar-refractivity contribution in [3.8, 4) is 11.6 Å². The number of hydrogen-bond donors (Lipinski definition) is 3. The molecule has 7 nitrogen and oxygen atoms in total. The number of aryl methyl sites for hydroxylation is 1. The van der Waals surface area contributed by atoms with Gasteiger partial charge in [0.25, 0.3) is 5.56 Å². The minimum atomic E-state index is -0.726. The Bertz CT molecular complexity index is 1200. The van der Waals surface area contributed by atoms with Crippen molar-refractivity contribution in [1.82, 2.24) is 9.55 Å². The van der Waals surface area contributed by atoms with Crippen LogP contribution in [0.5, 0.6) is 5.88 Å². The highest BCUT2D eigenvalue weighted by atomic mass is 79.9. The van der Waals surface area contributed by atoms with E-state index in [-0.39, 0.29) is 5.56 Å². The summed E-state index contributed by atoms with van der Waals surface area (Å²) in [4.78, 5) is 26.8. The molecule has 0 bridgehead atoms. The van der Waals surface area contributed by atoms with Crippen LogP contribution in [0.4, 0.5) is 5.69 Å². The van der Waals surface area contributed by atoms with Gasteiger partial charge in [-0.1, -0.05) is 34.1 Å². The first-order valence-electron chi connectivity index (χ1n) is 8.50. The summed E-state index contributed by atoms with van der Waals surface area (Å²) in [7, 11) is 0. The Balaban J connectivity index is 2.08. The molecule has 3 N–H and O–H groups in total. The number of aromatic nitrogens is 2. The lowest BCUT2D eigenvalue weighted by atomic mass is 10.1. The molecule has 0 aliphatic rings. The van der Waals surface area contributed by atoms with E-state index in [1.807, 2.05) is 45.0 Å². The van der Waals surface area contributed by atoms with Crippen LogP contribution in [-0.4, -0.2) is 20.9 Å². The molecule has 144 valence electrons. The maximum Gasteiger partial charge on any atom is 0.335 e. The van der Waals surface area contributed by atoms with Gasteiger partial charge in [0.1, 0.15) is 5.56 Å². The molecule has 2 aromatic carbocycles. The first kappa shape index (κ1) is 19.6. The lowest BCUT2D eigenvalue weighted by Crippen LogP contribution is -2.31. The number of rotatable bonds is 4. The molecule has 8 heteroatoms. The van der Waals surface area contributed by atoms with Crippen LogP contribution in [-0.2, 0) is 0 Å². The molecule has 0 saturated heterocycles. The molecular weight excluding hydrogens is 424 g/mol. The molecule has 28 heavy (non-hydrogen) atoms. The van der Waals surface area contributed by atoms with Gasteiger partial charge in [-0.2, -0.15) is 5.10 Å². The van der Waals surface area contributed by atoms with E-state index in [0.29, 0.717) is 5.69 Å². The quantitative estimate of drug-likeness (QED) is 0.425. The minimum Gasteiger partial charge on any atom is -0.493 e. The Kier molecular flexibility index (Phi) is 5.51. The Morgan fingerprint density at radius 2 is 1.82 bits per heavy atom. The van der Waals surface area contributed by atoms with E-state index in [4.69, 9.17) is 0 Å². The van der Waals surface area contributed by atoms with E-state index < -0.39 is 17.1 Å². The third kappa shape index (κ3) is 3.63. The number of hydrogen-bond acceptors (Lipinski definition) is 5. The van der Waals surface area contributed by atoms with Crippen molar-refractivity contribution in [2.45, 2.75) is 20.8 Å². The summed E-state index contributed by atoms with van der Waals surface area (Å²) >= 11 is 3.44. The second-order valence-electron chi connectivity index (χ2n) is 6.33. The topological polar surface area (TPSA) is 99.5 Å². The van der Waals surface area contributed by atoms with Gasteiger partial charge in [-0.25, -0.2) is 9.36 Å². The second-order valence-corrected chi connectivity index (χ2v) is 7.19. The molecule has 3 rings (SSSR count). The highest BCUT2D eigenvalue weighted by Gasteiger charge is 2.17. The zero-order valence-corrected chi connectivity index (χ0v) is 17.2. The predicted molar refractivity (Wildman–Crippen MR) is 114 cm³/mol. The van der Waals surface area contributed by atoms with Crippen LogP contribution in [0, 0.1) is 20.8 Å². The summed E-state index contributed by atoms with van der Waals surface area (Å²) in [6, 6.07) is 11.0. The van der Waals surface area contributed by atoms with Gasteiger partial charge in [0.2, 0.25) is 5.88 Å². The number of nitrogens with zero attached hydrogens (tertiary/aromatic N) is 2. The summed E-state index contributed by atoms with van der Waals surface area (Å²) in [5.41, 5.74) is 5.19. The molecule has 1 heterocycles. The third-order valence-electron chi connectivity index (χ3n) is 4.58. The van der Waals surface area contributed by atoms with Crippen molar-refractivity contribution in [2.24, 2.45) is 5.10 Å². The maximum absolute atomic E-state index is 12.4. The second kappa shape index (κ2) is 7.85. The number of H-pyrrole nitrogens is 1. The monoisotopic (exact) mass is 442 g/mol. The van der Waals surface area contributed by atoms with Crippen LogP contribution in [0.25, 0.3) is 5.69 Å². The molecule has 0 aliphatic carbocycles. The molecule has 0 unspecified atom stereocenters. The summed E-state index contributed by atoms with van der Waals surface area (Å²) in [5.74, 6) is -0.478. The summed E-state index contributed by atoms with van der Waals surface area (Å²) in [6.45, 7) is 5.64. The molecule has 0 radical (unpaired) electrons. The van der Waals surface area contributed by atoms with Gasteiger partial charge in [-0.05, 0) is 55.7 Å². The number of para-hydroxylation sites is 1. The number of aromatic hydroxyl groups is 1. The summed E-state index contributed by atoms with van der Waals surface area (Å²) in [5, 5.41) is 14.7. The van der Waals surface area contributed by atoms with Crippen LogP contribution in [0.15, 0.2) is 55.6 Å². The average Bonchev–Trinajstić information content (AvgIpc) is 2.65.